The van der Waals surface area contributed by atoms with Gasteiger partial charge in [0.25, 0.3) is 0 Å². The molecule has 1 aliphatic carbocycles. The summed E-state index contributed by atoms with van der Waals surface area (Å²) in [5.74, 6) is 1.93. The summed E-state index contributed by atoms with van der Waals surface area (Å²) >= 11 is 0. The number of pyridine rings is 1. The Hall–Kier alpha value is -3.02. The van der Waals surface area contributed by atoms with Crippen molar-refractivity contribution in [2.45, 2.75) is 45.1 Å². The van der Waals surface area contributed by atoms with Crippen LogP contribution in [0.5, 0.6) is 0 Å². The quantitative estimate of drug-likeness (QED) is 0.686. The average Bonchev–Trinajstić information content (AvgIpc) is 3.38. The molecule has 1 spiro atoms. The van der Waals surface area contributed by atoms with Crippen molar-refractivity contribution in [1.82, 2.24) is 15.0 Å². The van der Waals surface area contributed by atoms with E-state index >= 15 is 0 Å². The first-order chi connectivity index (χ1) is 14.8. The van der Waals surface area contributed by atoms with Crippen LogP contribution in [0.15, 0.2) is 47.8 Å². The van der Waals surface area contributed by atoms with Gasteiger partial charge in [-0.3, -0.25) is 9.98 Å². The van der Waals surface area contributed by atoms with Gasteiger partial charge in [-0.25, -0.2) is 9.97 Å². The third-order valence-corrected chi connectivity index (χ3v) is 7.04. The lowest BCUT2D eigenvalue weighted by Crippen LogP contribution is -2.29. The molecule has 1 N–H and O–H groups in total. The zero-order chi connectivity index (χ0) is 20.0. The van der Waals surface area contributed by atoms with Crippen LogP contribution in [0.3, 0.4) is 0 Å². The maximum atomic E-state index is 4.79. The van der Waals surface area contributed by atoms with E-state index in [1.165, 1.54) is 49.3 Å². The molecule has 1 saturated heterocycles. The molecule has 2 aromatic heterocycles. The van der Waals surface area contributed by atoms with Gasteiger partial charge in [0.15, 0.2) is 5.84 Å². The van der Waals surface area contributed by atoms with Crippen molar-refractivity contribution in [2.75, 3.05) is 23.3 Å². The minimum Gasteiger partial charge on any atom is -0.356 e. The van der Waals surface area contributed by atoms with E-state index in [-0.39, 0.29) is 0 Å². The van der Waals surface area contributed by atoms with E-state index in [2.05, 4.69) is 49.4 Å². The minimum atomic E-state index is 0.526. The second-order valence-electron chi connectivity index (χ2n) is 8.94. The summed E-state index contributed by atoms with van der Waals surface area (Å²) < 4.78 is 0. The highest BCUT2D eigenvalue weighted by Crippen LogP contribution is 2.45. The van der Waals surface area contributed by atoms with Gasteiger partial charge in [-0.05, 0) is 54.3 Å². The van der Waals surface area contributed by atoms with Gasteiger partial charge in [-0.15, -0.1) is 0 Å². The fourth-order valence-corrected chi connectivity index (χ4v) is 5.46. The summed E-state index contributed by atoms with van der Waals surface area (Å²) in [6, 6.07) is 8.60. The largest absolute Gasteiger partial charge is 0.356 e. The Morgan fingerprint density at radius 1 is 0.900 bits per heavy atom. The Balaban J connectivity index is 1.27. The molecule has 4 heterocycles. The van der Waals surface area contributed by atoms with Crippen LogP contribution >= 0.6 is 0 Å². The maximum Gasteiger partial charge on any atom is 0.154 e. The molecule has 3 aromatic rings. The smallest absolute Gasteiger partial charge is 0.154 e. The number of aliphatic imine (C=N–C) groups is 1. The Morgan fingerprint density at radius 2 is 1.80 bits per heavy atom. The molecule has 0 bridgehead atoms. The van der Waals surface area contributed by atoms with Gasteiger partial charge < -0.3 is 10.2 Å². The van der Waals surface area contributed by atoms with Crippen molar-refractivity contribution in [3.05, 3.63) is 54.2 Å². The van der Waals surface area contributed by atoms with E-state index in [9.17, 15) is 0 Å². The number of hydrogen-bond acceptors (Lipinski definition) is 6. The van der Waals surface area contributed by atoms with Gasteiger partial charge in [-0.2, -0.15) is 0 Å². The lowest BCUT2D eigenvalue weighted by Gasteiger charge is -2.33. The number of hydrogen-bond donors (Lipinski definition) is 1. The third kappa shape index (κ3) is 3.02. The molecule has 2 fully saturated rings. The summed E-state index contributed by atoms with van der Waals surface area (Å²) in [6.07, 6.45) is 13.7. The van der Waals surface area contributed by atoms with Crippen LogP contribution in [-0.4, -0.2) is 33.9 Å². The molecule has 0 unspecified atom stereocenters. The van der Waals surface area contributed by atoms with Gasteiger partial charge in [0.2, 0.25) is 0 Å². The fourth-order valence-electron chi connectivity index (χ4n) is 5.46. The highest BCUT2D eigenvalue weighted by molar-refractivity contribution is 6.10. The number of nitrogens with zero attached hydrogens (tertiary/aromatic N) is 5. The molecule has 1 saturated carbocycles. The molecule has 0 amide bonds. The van der Waals surface area contributed by atoms with Crippen molar-refractivity contribution in [3.63, 3.8) is 0 Å². The Kier molecular flexibility index (Phi) is 4.18. The van der Waals surface area contributed by atoms with E-state index in [0.717, 1.165) is 41.8 Å². The SMILES string of the molecule is c1cnc2c(n1)CN=C2Nc1ccc2c(N3CCC4(CCCCC4)C3)nccc2c1. The Morgan fingerprint density at radius 3 is 2.73 bits per heavy atom. The third-order valence-electron chi connectivity index (χ3n) is 7.04. The molecule has 0 radical (unpaired) electrons. The zero-order valence-corrected chi connectivity index (χ0v) is 17.1. The lowest BCUT2D eigenvalue weighted by atomic mass is 9.73. The van der Waals surface area contributed by atoms with Crippen molar-refractivity contribution in [1.29, 1.82) is 0 Å². The van der Waals surface area contributed by atoms with Crippen LogP contribution in [-0.2, 0) is 6.54 Å². The molecule has 6 rings (SSSR count). The van der Waals surface area contributed by atoms with Crippen molar-refractivity contribution >= 4 is 28.1 Å². The highest BCUT2D eigenvalue weighted by Gasteiger charge is 2.39. The summed E-state index contributed by atoms with van der Waals surface area (Å²) in [6.45, 7) is 2.87. The summed E-state index contributed by atoms with van der Waals surface area (Å²) in [5, 5.41) is 5.87. The van der Waals surface area contributed by atoms with Gasteiger partial charge in [0.05, 0.1) is 12.2 Å². The molecule has 152 valence electrons. The van der Waals surface area contributed by atoms with Gasteiger partial charge in [0, 0.05) is 42.8 Å². The number of aromatic nitrogens is 3. The molecule has 2 aliphatic heterocycles. The van der Waals surface area contributed by atoms with Crippen LogP contribution in [0.2, 0.25) is 0 Å². The maximum absolute atomic E-state index is 4.79. The normalized spacial score (nSPS) is 19.9. The van der Waals surface area contributed by atoms with Crippen molar-refractivity contribution in [2.24, 2.45) is 10.4 Å². The Labute approximate surface area is 176 Å². The molecular weight excluding hydrogens is 372 g/mol. The first kappa shape index (κ1) is 17.8. The van der Waals surface area contributed by atoms with Crippen LogP contribution in [0.25, 0.3) is 10.8 Å². The molecule has 0 atom stereocenters. The first-order valence-corrected chi connectivity index (χ1v) is 11.1. The predicted octanol–water partition coefficient (Wildman–Crippen LogP) is 4.56. The van der Waals surface area contributed by atoms with Gasteiger partial charge in [-0.1, -0.05) is 19.3 Å². The van der Waals surface area contributed by atoms with E-state index in [4.69, 9.17) is 4.98 Å². The molecular formula is C24H26N6. The van der Waals surface area contributed by atoms with Gasteiger partial charge >= 0.3 is 0 Å². The topological polar surface area (TPSA) is 66.3 Å². The first-order valence-electron chi connectivity index (χ1n) is 11.1. The monoisotopic (exact) mass is 398 g/mol. The number of anilines is 2. The minimum absolute atomic E-state index is 0.526. The standard InChI is InChI=1S/C24H26N6/c1-2-7-24(8-3-1)9-13-30(16-24)23-19-5-4-18(14-17(19)6-10-27-23)29-22-21-20(15-28-22)25-11-12-26-21/h4-6,10-12,14H,1-3,7-9,13,15-16H2,(H,28,29). The molecule has 30 heavy (non-hydrogen) atoms. The van der Waals surface area contributed by atoms with Crippen molar-refractivity contribution in [3.8, 4) is 0 Å². The summed E-state index contributed by atoms with van der Waals surface area (Å²) in [4.78, 5) is 20.7. The molecule has 6 nitrogen and oxygen atoms in total. The number of rotatable bonds is 2. The number of amidine groups is 1. The molecule has 3 aliphatic rings. The molecule has 6 heteroatoms. The number of benzene rings is 1. The van der Waals surface area contributed by atoms with Crippen LogP contribution in [0.4, 0.5) is 11.5 Å². The average molecular weight is 399 g/mol. The van der Waals surface area contributed by atoms with Crippen molar-refractivity contribution < 1.29 is 0 Å². The van der Waals surface area contributed by atoms with Gasteiger partial charge in [0.1, 0.15) is 11.5 Å². The second kappa shape index (κ2) is 7.04. The number of fused-ring (bicyclic) bond motifs is 2. The summed E-state index contributed by atoms with van der Waals surface area (Å²) in [7, 11) is 0. The molecule has 1 aromatic carbocycles. The zero-order valence-electron chi connectivity index (χ0n) is 17.1. The van der Waals surface area contributed by atoms with Crippen LogP contribution in [0, 0.1) is 5.41 Å². The second-order valence-corrected chi connectivity index (χ2v) is 8.94. The Bertz CT molecular complexity index is 1130. The summed E-state index contributed by atoms with van der Waals surface area (Å²) in [5.41, 5.74) is 3.32. The van der Waals surface area contributed by atoms with Crippen LogP contribution in [0.1, 0.15) is 49.9 Å². The lowest BCUT2D eigenvalue weighted by molar-refractivity contribution is 0.219. The highest BCUT2D eigenvalue weighted by atomic mass is 15.2. The van der Waals surface area contributed by atoms with E-state index in [0.29, 0.717) is 12.0 Å². The van der Waals surface area contributed by atoms with E-state index in [1.807, 2.05) is 6.20 Å². The number of nitrogens with one attached hydrogen (secondary N) is 1. The van der Waals surface area contributed by atoms with E-state index in [1.54, 1.807) is 12.4 Å². The van der Waals surface area contributed by atoms with E-state index < -0.39 is 0 Å². The fraction of sp³-hybridized carbons (Fsp3) is 0.417. The van der Waals surface area contributed by atoms with Crippen LogP contribution < -0.4 is 10.2 Å². The predicted molar refractivity (Wildman–Crippen MR) is 120 cm³/mol.